The molecule has 0 spiro atoms. The van der Waals surface area contributed by atoms with Gasteiger partial charge in [-0.1, -0.05) is 24.3 Å². The maximum Gasteiger partial charge on any atom is 0.418 e. The molecule has 2 amide bonds. The normalized spacial score (nSPS) is 16.4. The van der Waals surface area contributed by atoms with Crippen molar-refractivity contribution in [2.24, 2.45) is 0 Å². The van der Waals surface area contributed by atoms with Gasteiger partial charge in [0, 0.05) is 43.6 Å². The monoisotopic (exact) mass is 491 g/mol. The minimum absolute atomic E-state index is 0.225. The first-order valence-electron chi connectivity index (χ1n) is 10.7. The molecule has 7 nitrogen and oxygen atoms in total. The number of para-hydroxylation sites is 1. The number of aromatic nitrogens is 2. The number of benzene rings is 2. The fourth-order valence-electron chi connectivity index (χ4n) is 3.87. The Morgan fingerprint density at radius 1 is 1.21 bits per heavy atom. The van der Waals surface area contributed by atoms with E-state index in [9.17, 15) is 18.0 Å². The number of amides is 2. The van der Waals surface area contributed by atoms with Gasteiger partial charge in [-0.05, 0) is 36.8 Å². The van der Waals surface area contributed by atoms with E-state index in [1.54, 1.807) is 12.0 Å². The predicted molar refractivity (Wildman–Crippen MR) is 125 cm³/mol. The van der Waals surface area contributed by atoms with Gasteiger partial charge < -0.3 is 19.9 Å². The number of piperazine rings is 1. The van der Waals surface area contributed by atoms with Crippen LogP contribution in [0, 0.1) is 0 Å². The Bertz CT molecular complexity index is 1150. The number of nitrogens with one attached hydrogen (secondary N) is 1. The van der Waals surface area contributed by atoms with Crippen LogP contribution in [0.4, 0.5) is 28.8 Å². The topological polar surface area (TPSA) is 70.6 Å². The number of alkyl halides is 3. The maximum absolute atomic E-state index is 13.2. The number of carbonyl (C=O) groups excluding carboxylic acids is 1. The van der Waals surface area contributed by atoms with Crippen molar-refractivity contribution in [3.8, 4) is 5.75 Å². The molecule has 0 radical (unpaired) electrons. The summed E-state index contributed by atoms with van der Waals surface area (Å²) in [7, 11) is 1.62. The van der Waals surface area contributed by atoms with Crippen molar-refractivity contribution in [1.82, 2.24) is 14.3 Å². The van der Waals surface area contributed by atoms with E-state index >= 15 is 0 Å². The van der Waals surface area contributed by atoms with E-state index in [-0.39, 0.29) is 11.7 Å². The first-order chi connectivity index (χ1) is 16.2. The third kappa shape index (κ3) is 5.41. The standard InChI is InChI=1S/C23H24F3N5O2S/c1-15-14-30(22-28-20(29-34-22)13-16-6-5-7-17(12-16)33-2)10-11-31(15)21(32)27-19-9-4-3-8-18(19)23(24,25)26/h3-9,12,15H,10-11,13-14H2,1-2H3,(H,27,32). The number of methoxy groups -OCH3 is 1. The minimum atomic E-state index is -4.55. The van der Waals surface area contributed by atoms with Gasteiger partial charge in [0.2, 0.25) is 5.13 Å². The molecule has 1 aromatic heterocycles. The van der Waals surface area contributed by atoms with E-state index in [0.717, 1.165) is 22.5 Å². The Labute approximate surface area is 199 Å². The van der Waals surface area contributed by atoms with Crippen molar-refractivity contribution in [1.29, 1.82) is 0 Å². The third-order valence-electron chi connectivity index (χ3n) is 5.59. The zero-order valence-electron chi connectivity index (χ0n) is 18.7. The van der Waals surface area contributed by atoms with E-state index in [0.29, 0.717) is 31.9 Å². The average molecular weight is 492 g/mol. The summed E-state index contributed by atoms with van der Waals surface area (Å²) < 4.78 is 49.4. The summed E-state index contributed by atoms with van der Waals surface area (Å²) in [6.45, 7) is 3.22. The molecule has 1 N–H and O–H groups in total. The first-order valence-corrected chi connectivity index (χ1v) is 11.5. The molecule has 1 aliphatic heterocycles. The summed E-state index contributed by atoms with van der Waals surface area (Å²) in [5.74, 6) is 1.47. The molecular formula is C23H24F3N5O2S. The molecule has 1 unspecified atom stereocenters. The van der Waals surface area contributed by atoms with Gasteiger partial charge in [-0.25, -0.2) is 9.78 Å². The number of nitrogens with zero attached hydrogens (tertiary/aromatic N) is 4. The lowest BCUT2D eigenvalue weighted by Crippen LogP contribution is -2.55. The first kappa shape index (κ1) is 23.8. The molecule has 0 bridgehead atoms. The number of hydrogen-bond acceptors (Lipinski definition) is 6. The van der Waals surface area contributed by atoms with Crippen molar-refractivity contribution in [2.75, 3.05) is 37.0 Å². The van der Waals surface area contributed by atoms with Crippen LogP contribution in [0.2, 0.25) is 0 Å². The molecule has 0 aliphatic carbocycles. The predicted octanol–water partition coefficient (Wildman–Crippen LogP) is 4.90. The van der Waals surface area contributed by atoms with Crippen LogP contribution in [-0.4, -0.2) is 53.1 Å². The molecule has 0 saturated carbocycles. The Kier molecular flexibility index (Phi) is 6.92. The van der Waals surface area contributed by atoms with Crippen LogP contribution in [0.25, 0.3) is 0 Å². The average Bonchev–Trinajstić information content (AvgIpc) is 3.27. The molecule has 11 heteroatoms. The van der Waals surface area contributed by atoms with Gasteiger partial charge >= 0.3 is 12.2 Å². The van der Waals surface area contributed by atoms with Crippen molar-refractivity contribution < 1.29 is 22.7 Å². The van der Waals surface area contributed by atoms with Gasteiger partial charge in [0.15, 0.2) is 0 Å². The van der Waals surface area contributed by atoms with Gasteiger partial charge in [-0.3, -0.25) is 0 Å². The van der Waals surface area contributed by atoms with Crippen LogP contribution in [0.1, 0.15) is 23.9 Å². The number of halogens is 3. The zero-order valence-corrected chi connectivity index (χ0v) is 19.5. The SMILES string of the molecule is COc1cccc(Cc2nsc(N3CCN(C(=O)Nc4ccccc4C(F)(F)F)C(C)C3)n2)c1. The largest absolute Gasteiger partial charge is 0.497 e. The Balaban J connectivity index is 1.38. The minimum Gasteiger partial charge on any atom is -0.497 e. The van der Waals surface area contributed by atoms with Gasteiger partial charge in [-0.15, -0.1) is 0 Å². The number of urea groups is 1. The second-order valence-electron chi connectivity index (χ2n) is 7.98. The molecule has 2 heterocycles. The van der Waals surface area contributed by atoms with E-state index in [1.807, 2.05) is 36.1 Å². The summed E-state index contributed by atoms with van der Waals surface area (Å²) >= 11 is 1.29. The molecule has 1 aliphatic rings. The Morgan fingerprint density at radius 2 is 2.00 bits per heavy atom. The molecule has 1 saturated heterocycles. The quantitative estimate of drug-likeness (QED) is 0.550. The van der Waals surface area contributed by atoms with Crippen molar-refractivity contribution in [3.05, 3.63) is 65.5 Å². The van der Waals surface area contributed by atoms with Crippen LogP contribution in [0.15, 0.2) is 48.5 Å². The fourth-order valence-corrected chi connectivity index (χ4v) is 4.59. The highest BCUT2D eigenvalue weighted by Crippen LogP contribution is 2.35. The van der Waals surface area contributed by atoms with E-state index in [2.05, 4.69) is 14.7 Å². The van der Waals surface area contributed by atoms with Gasteiger partial charge in [0.25, 0.3) is 0 Å². The lowest BCUT2D eigenvalue weighted by Gasteiger charge is -2.39. The molecule has 34 heavy (non-hydrogen) atoms. The van der Waals surface area contributed by atoms with Crippen LogP contribution in [0.5, 0.6) is 5.75 Å². The summed E-state index contributed by atoms with van der Waals surface area (Å²) in [5.41, 5.74) is -0.0781. The number of carbonyl (C=O) groups is 1. The third-order valence-corrected chi connectivity index (χ3v) is 6.40. The smallest absolute Gasteiger partial charge is 0.418 e. The number of rotatable bonds is 5. The van der Waals surface area contributed by atoms with E-state index in [1.165, 1.54) is 29.7 Å². The summed E-state index contributed by atoms with van der Waals surface area (Å²) in [4.78, 5) is 21.0. The van der Waals surface area contributed by atoms with E-state index in [4.69, 9.17) is 4.74 Å². The lowest BCUT2D eigenvalue weighted by molar-refractivity contribution is -0.136. The fraction of sp³-hybridized carbons (Fsp3) is 0.348. The van der Waals surface area contributed by atoms with Crippen molar-refractivity contribution >= 4 is 28.4 Å². The highest BCUT2D eigenvalue weighted by atomic mass is 32.1. The summed E-state index contributed by atoms with van der Waals surface area (Å²) in [6.07, 6.45) is -3.97. The number of hydrogen-bond donors (Lipinski definition) is 1. The second-order valence-corrected chi connectivity index (χ2v) is 8.71. The molecule has 1 atom stereocenters. The molecule has 2 aromatic carbocycles. The molecule has 3 aromatic rings. The lowest BCUT2D eigenvalue weighted by atomic mass is 10.1. The molecule has 180 valence electrons. The molecular weight excluding hydrogens is 467 g/mol. The van der Waals surface area contributed by atoms with Gasteiger partial charge in [-0.2, -0.15) is 17.5 Å². The summed E-state index contributed by atoms with van der Waals surface area (Å²) in [6, 6.07) is 11.9. The van der Waals surface area contributed by atoms with Crippen LogP contribution in [-0.2, 0) is 12.6 Å². The summed E-state index contributed by atoms with van der Waals surface area (Å²) in [5, 5.41) is 3.18. The number of ether oxygens (including phenoxy) is 1. The van der Waals surface area contributed by atoms with Gasteiger partial charge in [0.05, 0.1) is 18.4 Å². The Morgan fingerprint density at radius 3 is 2.74 bits per heavy atom. The second kappa shape index (κ2) is 9.88. The highest BCUT2D eigenvalue weighted by Gasteiger charge is 2.35. The van der Waals surface area contributed by atoms with Crippen LogP contribution < -0.4 is 15.0 Å². The van der Waals surface area contributed by atoms with Crippen LogP contribution >= 0.6 is 11.5 Å². The van der Waals surface area contributed by atoms with Crippen molar-refractivity contribution in [3.63, 3.8) is 0 Å². The molecule has 1 fully saturated rings. The van der Waals surface area contributed by atoms with Gasteiger partial charge in [0.1, 0.15) is 11.6 Å². The van der Waals surface area contributed by atoms with E-state index < -0.39 is 17.8 Å². The number of anilines is 2. The molecule has 4 rings (SSSR count). The van der Waals surface area contributed by atoms with Crippen LogP contribution in [0.3, 0.4) is 0 Å². The van der Waals surface area contributed by atoms with Crippen molar-refractivity contribution in [2.45, 2.75) is 25.6 Å². The Hall–Kier alpha value is -3.34. The highest BCUT2D eigenvalue weighted by molar-refractivity contribution is 7.09. The maximum atomic E-state index is 13.2. The zero-order chi connectivity index (χ0) is 24.3.